The predicted molar refractivity (Wildman–Crippen MR) is 108 cm³/mol. The Hall–Kier alpha value is -2.15. The van der Waals surface area contributed by atoms with E-state index in [9.17, 15) is 14.4 Å². The second-order valence-corrected chi connectivity index (χ2v) is 7.55. The topological polar surface area (TPSA) is 79.0 Å². The largest absolute Gasteiger partial charge is 0.449 e. The van der Waals surface area contributed by atoms with E-state index in [4.69, 9.17) is 4.74 Å². The first-order valence-electron chi connectivity index (χ1n) is 10.2. The zero-order valence-corrected chi connectivity index (χ0v) is 17.1. The van der Waals surface area contributed by atoms with Crippen LogP contribution in [0, 0.1) is 11.8 Å². The summed E-state index contributed by atoms with van der Waals surface area (Å²) in [6.07, 6.45) is 7.03. The fraction of sp³-hybridized carbons (Fsp3) is 0.667. The summed E-state index contributed by atoms with van der Waals surface area (Å²) < 4.78 is 5.08. The van der Waals surface area contributed by atoms with E-state index in [1.54, 1.807) is 24.9 Å². The fourth-order valence-electron chi connectivity index (χ4n) is 3.65. The summed E-state index contributed by atoms with van der Waals surface area (Å²) >= 11 is 0. The summed E-state index contributed by atoms with van der Waals surface area (Å²) in [4.78, 5) is 40.9. The smallest absolute Gasteiger partial charge is 0.416 e. The van der Waals surface area contributed by atoms with Gasteiger partial charge < -0.3 is 15.0 Å². The molecular formula is C21H33N3O4. The highest BCUT2D eigenvalue weighted by Crippen LogP contribution is 2.38. The summed E-state index contributed by atoms with van der Waals surface area (Å²) in [6.45, 7) is 10.5. The molecule has 0 bridgehead atoms. The number of imide groups is 1. The molecule has 2 fully saturated rings. The number of nitrogens with one attached hydrogen (secondary N) is 1. The highest BCUT2D eigenvalue weighted by Gasteiger charge is 2.48. The van der Waals surface area contributed by atoms with Crippen LogP contribution in [-0.2, 0) is 14.3 Å². The minimum atomic E-state index is -0.601. The molecular weight excluding hydrogens is 358 g/mol. The number of hydrogen-bond donors (Lipinski definition) is 1. The first-order valence-corrected chi connectivity index (χ1v) is 10.2. The van der Waals surface area contributed by atoms with Crippen LogP contribution in [0.3, 0.4) is 0 Å². The first-order chi connectivity index (χ1) is 13.4. The molecule has 4 atom stereocenters. The molecule has 2 rings (SSSR count). The number of nitrogens with zero attached hydrogens (tertiary/aromatic N) is 2. The van der Waals surface area contributed by atoms with Gasteiger partial charge in [-0.25, -0.2) is 9.69 Å². The molecule has 1 heterocycles. The molecule has 0 radical (unpaired) electrons. The van der Waals surface area contributed by atoms with Crippen molar-refractivity contribution in [2.75, 3.05) is 26.7 Å². The molecule has 7 nitrogen and oxygen atoms in total. The Labute approximate surface area is 167 Å². The molecule has 2 aliphatic rings. The quantitative estimate of drug-likeness (QED) is 0.457. The number of unbranched alkanes of at least 4 members (excludes halogenated alkanes) is 2. The molecule has 1 N–H and O–H groups in total. The summed E-state index contributed by atoms with van der Waals surface area (Å²) in [7, 11) is 1.79. The van der Waals surface area contributed by atoms with Gasteiger partial charge in [0, 0.05) is 20.1 Å². The van der Waals surface area contributed by atoms with Crippen molar-refractivity contribution in [2.45, 2.75) is 51.1 Å². The minimum Gasteiger partial charge on any atom is -0.449 e. The highest BCUT2D eigenvalue weighted by atomic mass is 16.6. The normalized spacial score (nSPS) is 25.6. The second kappa shape index (κ2) is 10.4. The third kappa shape index (κ3) is 5.44. The van der Waals surface area contributed by atoms with Crippen molar-refractivity contribution in [1.82, 2.24) is 15.1 Å². The lowest BCUT2D eigenvalue weighted by Crippen LogP contribution is -2.44. The van der Waals surface area contributed by atoms with Gasteiger partial charge in [0.15, 0.2) is 0 Å². The zero-order valence-electron chi connectivity index (χ0n) is 17.1. The number of carbonyl (C=O) groups is 3. The van der Waals surface area contributed by atoms with Crippen molar-refractivity contribution in [3.8, 4) is 0 Å². The van der Waals surface area contributed by atoms with Gasteiger partial charge in [-0.3, -0.25) is 9.59 Å². The summed E-state index contributed by atoms with van der Waals surface area (Å²) in [6, 6.07) is -0.567. The molecule has 1 aliphatic carbocycles. The maximum absolute atomic E-state index is 13.0. The average molecular weight is 392 g/mol. The fourth-order valence-corrected chi connectivity index (χ4v) is 3.65. The third-order valence-electron chi connectivity index (χ3n) is 5.45. The third-order valence-corrected chi connectivity index (χ3v) is 5.45. The number of allylic oxidation sites excluding steroid dienone is 1. The van der Waals surface area contributed by atoms with Crippen molar-refractivity contribution in [1.29, 1.82) is 0 Å². The lowest BCUT2D eigenvalue weighted by atomic mass is 10.0. The number of likely N-dealkylation sites (N-methyl/N-ethyl adjacent to an activating group) is 1. The summed E-state index contributed by atoms with van der Waals surface area (Å²) in [5.41, 5.74) is 0. The van der Waals surface area contributed by atoms with Crippen LogP contribution < -0.4 is 5.32 Å². The molecule has 1 aliphatic heterocycles. The Balaban J connectivity index is 1.92. The minimum absolute atomic E-state index is 0.00743. The summed E-state index contributed by atoms with van der Waals surface area (Å²) in [5, 5.41) is 3.15. The Bertz CT molecular complexity index is 606. The zero-order chi connectivity index (χ0) is 20.7. The predicted octanol–water partition coefficient (Wildman–Crippen LogP) is 2.34. The van der Waals surface area contributed by atoms with Crippen LogP contribution >= 0.6 is 0 Å². The van der Waals surface area contributed by atoms with E-state index in [1.807, 2.05) is 6.08 Å². The van der Waals surface area contributed by atoms with E-state index < -0.39 is 18.1 Å². The van der Waals surface area contributed by atoms with E-state index in [0.29, 0.717) is 19.5 Å². The lowest BCUT2D eigenvalue weighted by molar-refractivity contribution is -0.134. The first kappa shape index (κ1) is 22.1. The van der Waals surface area contributed by atoms with Crippen molar-refractivity contribution in [3.05, 3.63) is 25.3 Å². The molecule has 1 saturated carbocycles. The molecule has 7 heteroatoms. The van der Waals surface area contributed by atoms with Crippen LogP contribution in [0.25, 0.3) is 0 Å². The van der Waals surface area contributed by atoms with Crippen LogP contribution in [0.5, 0.6) is 0 Å². The molecule has 0 aromatic carbocycles. The van der Waals surface area contributed by atoms with Crippen LogP contribution in [0.2, 0.25) is 0 Å². The number of carbonyl (C=O) groups excluding carboxylic acids is 3. The second-order valence-electron chi connectivity index (χ2n) is 7.55. The monoisotopic (exact) mass is 391 g/mol. The number of amides is 3. The molecule has 3 amide bonds. The van der Waals surface area contributed by atoms with E-state index in [2.05, 4.69) is 18.5 Å². The number of hydrogen-bond acceptors (Lipinski definition) is 5. The van der Waals surface area contributed by atoms with Gasteiger partial charge in [-0.05, 0) is 44.9 Å². The molecule has 1 unspecified atom stereocenters. The van der Waals surface area contributed by atoms with Crippen molar-refractivity contribution < 1.29 is 19.1 Å². The highest BCUT2D eigenvalue weighted by molar-refractivity contribution is 5.95. The van der Waals surface area contributed by atoms with Crippen molar-refractivity contribution in [2.24, 2.45) is 11.8 Å². The number of ether oxygens (including phenoxy) is 1. The number of rotatable bonds is 10. The van der Waals surface area contributed by atoms with E-state index in [0.717, 1.165) is 25.7 Å². The van der Waals surface area contributed by atoms with Gasteiger partial charge in [0.2, 0.25) is 11.8 Å². The van der Waals surface area contributed by atoms with Gasteiger partial charge in [-0.1, -0.05) is 12.2 Å². The Morgan fingerprint density at radius 3 is 2.54 bits per heavy atom. The molecule has 28 heavy (non-hydrogen) atoms. The van der Waals surface area contributed by atoms with Gasteiger partial charge in [0.1, 0.15) is 0 Å². The molecule has 0 aromatic rings. The van der Waals surface area contributed by atoms with Gasteiger partial charge in [-0.2, -0.15) is 0 Å². The molecule has 1 saturated heterocycles. The van der Waals surface area contributed by atoms with Crippen molar-refractivity contribution in [3.63, 3.8) is 0 Å². The summed E-state index contributed by atoms with van der Waals surface area (Å²) in [5.74, 6) is -0.545. The van der Waals surface area contributed by atoms with Gasteiger partial charge in [0.25, 0.3) is 0 Å². The maximum atomic E-state index is 13.0. The molecule has 0 aromatic heterocycles. The lowest BCUT2D eigenvalue weighted by Gasteiger charge is -2.23. The van der Waals surface area contributed by atoms with E-state index >= 15 is 0 Å². The Kier molecular flexibility index (Phi) is 8.23. The van der Waals surface area contributed by atoms with Crippen LogP contribution in [0.1, 0.15) is 39.0 Å². The SMILES string of the molecule is C=CCCCCN(C)C(=O)[C@@H]1CC(C(=O)N(C(=O)OCC)[C@@H]2C[C@H]2C=C)CN1. The molecule has 0 spiro atoms. The molecule has 156 valence electrons. The van der Waals surface area contributed by atoms with Crippen LogP contribution in [0.4, 0.5) is 4.79 Å². The van der Waals surface area contributed by atoms with Crippen LogP contribution in [-0.4, -0.2) is 66.5 Å². The Morgan fingerprint density at radius 1 is 1.18 bits per heavy atom. The Morgan fingerprint density at radius 2 is 1.93 bits per heavy atom. The van der Waals surface area contributed by atoms with E-state index in [1.165, 1.54) is 4.90 Å². The maximum Gasteiger partial charge on any atom is 0.416 e. The van der Waals surface area contributed by atoms with Gasteiger partial charge in [0.05, 0.1) is 24.6 Å². The average Bonchev–Trinajstić information content (AvgIpc) is 3.27. The van der Waals surface area contributed by atoms with Crippen molar-refractivity contribution >= 4 is 17.9 Å². The van der Waals surface area contributed by atoms with Gasteiger partial charge >= 0.3 is 6.09 Å². The van der Waals surface area contributed by atoms with Crippen LogP contribution in [0.15, 0.2) is 25.3 Å². The van der Waals surface area contributed by atoms with E-state index in [-0.39, 0.29) is 30.4 Å². The standard InChI is InChI=1S/C21H33N3O4/c1-5-8-9-10-11-23(4)20(26)17-12-16(14-22-17)19(25)24(21(27)28-7-3)18-13-15(18)6-2/h5-6,15-18,22H,1-2,7-14H2,3-4H3/t15-,16?,17+,18-/m1/s1. The van der Waals surface area contributed by atoms with Gasteiger partial charge in [-0.15, -0.1) is 13.2 Å².